The fourth-order valence-electron chi connectivity index (χ4n) is 4.83. The van der Waals surface area contributed by atoms with E-state index in [1.807, 2.05) is 0 Å². The summed E-state index contributed by atoms with van der Waals surface area (Å²) in [6.45, 7) is -5.58. The smallest absolute Gasteiger partial charge is 0.386 e. The molecule has 4 aromatic heterocycles. The first-order valence-electron chi connectivity index (χ1n) is 12.1. The Kier molecular flexibility index (Phi) is 7.33. The SMILES string of the molecule is Nc1ncnc2c1ncn2[C@@H]1O[C@H](COP(=O)(S)O[C@@H]2[C@H](O)[C@@H](CO)O[C@H]2n2ccc(=O)c3nccn32)[C@@H](O)[C@@H]1F. The lowest BCUT2D eigenvalue weighted by molar-refractivity contribution is -0.0612. The Labute approximate surface area is 233 Å². The van der Waals surface area contributed by atoms with Crippen LogP contribution in [-0.2, 0) is 23.1 Å². The third-order valence-corrected chi connectivity index (χ3v) is 8.45. The lowest BCUT2D eigenvalue weighted by atomic mass is 10.1. The second kappa shape index (κ2) is 10.7. The van der Waals surface area contributed by atoms with Crippen molar-refractivity contribution in [1.29, 1.82) is 0 Å². The number of hydrogen-bond acceptors (Lipinski definition) is 14. The number of nitrogen functional groups attached to an aromatic ring is 1. The molecule has 0 spiro atoms. The number of fused-ring (bicyclic) bond motifs is 2. The number of aliphatic hydroxyl groups excluding tert-OH is 3. The zero-order valence-electron chi connectivity index (χ0n) is 20.8. The summed E-state index contributed by atoms with van der Waals surface area (Å²) in [6.07, 6.45) is -5.01. The van der Waals surface area contributed by atoms with Gasteiger partial charge >= 0.3 is 6.80 Å². The minimum absolute atomic E-state index is 0.0459. The molecular weight excluding hydrogens is 590 g/mol. The normalized spacial score (nSPS) is 31.7. The monoisotopic (exact) mass is 614 g/mol. The van der Waals surface area contributed by atoms with Crippen LogP contribution in [0.15, 0.2) is 42.1 Å². The fraction of sp³-hybridized carbons (Fsp3) is 0.476. The molecule has 220 valence electrons. The van der Waals surface area contributed by atoms with E-state index in [9.17, 15) is 24.7 Å². The zero-order valence-corrected chi connectivity index (χ0v) is 22.6. The van der Waals surface area contributed by atoms with Crippen LogP contribution in [0, 0.1) is 0 Å². The molecule has 0 radical (unpaired) electrons. The first-order chi connectivity index (χ1) is 19.6. The zero-order chi connectivity index (χ0) is 29.1. The standard InChI is InChI=1S/C21H24FN8O9PS/c22-12-14(33)11(38-20(12)28-8-27-13-17(23)25-7-26-19(13)28)6-36-40(35,41)39-16-15(34)10(5-31)37-21(16)30-3-1-9(32)18-24-2-4-29(18)30/h1-4,7-8,10-12,14-16,20-21,31,33-34H,5-6H2,(H,35,41)(H2,23,25,26)/t10-,11-,12+,14-,15-,16-,20-,21-,40?/m1/s1. The second-order valence-corrected chi connectivity index (χ2v) is 12.2. The van der Waals surface area contributed by atoms with Crippen LogP contribution >= 0.6 is 19.0 Å². The highest BCUT2D eigenvalue weighted by Crippen LogP contribution is 2.57. The molecule has 17 nitrogen and oxygen atoms in total. The number of nitrogens with zero attached hydrogens (tertiary/aromatic N) is 7. The van der Waals surface area contributed by atoms with Crippen LogP contribution in [0.25, 0.3) is 16.8 Å². The van der Waals surface area contributed by atoms with Gasteiger partial charge in [-0.3, -0.25) is 23.1 Å². The highest BCUT2D eigenvalue weighted by Gasteiger charge is 2.50. The highest BCUT2D eigenvalue weighted by molar-refractivity contribution is 8.44. The summed E-state index contributed by atoms with van der Waals surface area (Å²) in [5, 5.41) is 30.9. The van der Waals surface area contributed by atoms with Crippen molar-refractivity contribution in [2.24, 2.45) is 0 Å². The van der Waals surface area contributed by atoms with E-state index in [0.29, 0.717) is 0 Å². The molecule has 2 fully saturated rings. The van der Waals surface area contributed by atoms with E-state index in [-0.39, 0.29) is 28.1 Å². The van der Waals surface area contributed by atoms with Gasteiger partial charge in [-0.25, -0.2) is 33.4 Å². The van der Waals surface area contributed by atoms with E-state index in [1.165, 1.54) is 51.1 Å². The third kappa shape index (κ3) is 4.92. The lowest BCUT2D eigenvalue weighted by Gasteiger charge is -2.26. The van der Waals surface area contributed by atoms with Gasteiger partial charge in [-0.2, -0.15) is 0 Å². The van der Waals surface area contributed by atoms with Crippen LogP contribution in [0.1, 0.15) is 12.5 Å². The van der Waals surface area contributed by atoms with Gasteiger partial charge in [0.15, 0.2) is 35.7 Å². The summed E-state index contributed by atoms with van der Waals surface area (Å²) in [4.78, 5) is 28.0. The molecule has 4 aromatic rings. The molecule has 9 atom stereocenters. The van der Waals surface area contributed by atoms with E-state index in [0.717, 1.165) is 0 Å². The van der Waals surface area contributed by atoms with Gasteiger partial charge in [0.2, 0.25) is 5.43 Å². The molecule has 0 saturated carbocycles. The predicted octanol–water partition coefficient (Wildman–Crippen LogP) is -0.795. The summed E-state index contributed by atoms with van der Waals surface area (Å²) < 4.78 is 54.5. The van der Waals surface area contributed by atoms with Crippen molar-refractivity contribution in [2.45, 2.75) is 49.1 Å². The molecule has 41 heavy (non-hydrogen) atoms. The largest absolute Gasteiger partial charge is 0.394 e. The molecule has 6 heterocycles. The van der Waals surface area contributed by atoms with Gasteiger partial charge in [-0.05, 0) is 0 Å². The topological polar surface area (TPSA) is 224 Å². The number of alkyl halides is 1. The van der Waals surface area contributed by atoms with Crippen molar-refractivity contribution in [1.82, 2.24) is 33.7 Å². The molecule has 0 aromatic carbocycles. The first kappa shape index (κ1) is 28.1. The molecule has 0 amide bonds. The molecule has 2 saturated heterocycles. The van der Waals surface area contributed by atoms with Crippen molar-refractivity contribution in [2.75, 3.05) is 18.9 Å². The highest BCUT2D eigenvalue weighted by atomic mass is 32.7. The van der Waals surface area contributed by atoms with Crippen molar-refractivity contribution in [3.8, 4) is 0 Å². The van der Waals surface area contributed by atoms with Gasteiger partial charge in [0.05, 0.1) is 19.5 Å². The van der Waals surface area contributed by atoms with Crippen molar-refractivity contribution in [3.05, 3.63) is 47.5 Å². The molecule has 0 aliphatic carbocycles. The average Bonchev–Trinajstić information content (AvgIpc) is 3.72. The molecule has 2 aliphatic heterocycles. The molecule has 0 bridgehead atoms. The number of anilines is 1. The Morgan fingerprint density at radius 2 is 1.88 bits per heavy atom. The maximum absolute atomic E-state index is 15.1. The molecule has 2 aliphatic rings. The minimum Gasteiger partial charge on any atom is -0.394 e. The minimum atomic E-state index is -4.35. The fourth-order valence-corrected chi connectivity index (χ4v) is 6.29. The van der Waals surface area contributed by atoms with E-state index >= 15 is 4.39 Å². The average molecular weight is 615 g/mol. The van der Waals surface area contributed by atoms with E-state index < -0.39 is 69.2 Å². The quantitative estimate of drug-likeness (QED) is 0.121. The number of thiol groups is 1. The number of hydrogen-bond donors (Lipinski definition) is 5. The van der Waals surface area contributed by atoms with Gasteiger partial charge < -0.3 is 30.5 Å². The molecular formula is C21H24FN8O9PS. The van der Waals surface area contributed by atoms with Crippen LogP contribution in [0.2, 0.25) is 0 Å². The maximum atomic E-state index is 15.1. The van der Waals surface area contributed by atoms with Crippen molar-refractivity contribution >= 4 is 41.7 Å². The Balaban J connectivity index is 1.18. The first-order valence-corrected chi connectivity index (χ1v) is 14.8. The number of rotatable bonds is 8. The van der Waals surface area contributed by atoms with Gasteiger partial charge in [0.1, 0.15) is 42.4 Å². The van der Waals surface area contributed by atoms with E-state index in [1.54, 1.807) is 0 Å². The van der Waals surface area contributed by atoms with Gasteiger partial charge in [-0.15, -0.1) is 0 Å². The number of halogens is 1. The van der Waals surface area contributed by atoms with Crippen LogP contribution in [0.5, 0.6) is 0 Å². The van der Waals surface area contributed by atoms with Crippen molar-refractivity contribution in [3.63, 3.8) is 0 Å². The summed E-state index contributed by atoms with van der Waals surface area (Å²) in [6, 6.07) is 1.21. The third-order valence-electron chi connectivity index (χ3n) is 6.83. The van der Waals surface area contributed by atoms with Crippen LogP contribution in [0.4, 0.5) is 10.2 Å². The van der Waals surface area contributed by atoms with Crippen LogP contribution < -0.4 is 11.2 Å². The molecule has 1 unspecified atom stereocenters. The van der Waals surface area contributed by atoms with E-state index in [2.05, 4.69) is 32.2 Å². The number of aromatic nitrogens is 7. The van der Waals surface area contributed by atoms with E-state index in [4.69, 9.17) is 24.3 Å². The number of ether oxygens (including phenoxy) is 2. The summed E-state index contributed by atoms with van der Waals surface area (Å²) in [7, 11) is 0. The Hall–Kier alpha value is -3.00. The summed E-state index contributed by atoms with van der Waals surface area (Å²) in [5.41, 5.74) is 5.83. The molecule has 5 N–H and O–H groups in total. The number of aliphatic hydroxyl groups is 3. The Bertz CT molecular complexity index is 1690. The number of imidazole rings is 2. The number of nitrogens with two attached hydrogens (primary N) is 1. The summed E-state index contributed by atoms with van der Waals surface area (Å²) >= 11 is 3.99. The lowest BCUT2D eigenvalue weighted by Crippen LogP contribution is -2.36. The van der Waals surface area contributed by atoms with Crippen LogP contribution in [0.3, 0.4) is 0 Å². The second-order valence-electron chi connectivity index (χ2n) is 9.31. The molecule has 6 rings (SSSR count). The van der Waals surface area contributed by atoms with Gasteiger partial charge in [0.25, 0.3) is 0 Å². The predicted molar refractivity (Wildman–Crippen MR) is 138 cm³/mol. The Morgan fingerprint density at radius 3 is 2.66 bits per heavy atom. The maximum Gasteiger partial charge on any atom is 0.386 e. The van der Waals surface area contributed by atoms with Crippen molar-refractivity contribution < 1.29 is 42.8 Å². The van der Waals surface area contributed by atoms with Gasteiger partial charge in [-0.1, -0.05) is 12.2 Å². The molecule has 20 heteroatoms. The summed E-state index contributed by atoms with van der Waals surface area (Å²) in [5.74, 6) is 0.0754. The Morgan fingerprint density at radius 1 is 1.10 bits per heavy atom. The van der Waals surface area contributed by atoms with Gasteiger partial charge in [0, 0.05) is 24.7 Å². The van der Waals surface area contributed by atoms with Crippen LogP contribution in [-0.4, -0.2) is 98.9 Å².